The van der Waals surface area contributed by atoms with E-state index in [2.05, 4.69) is 25.7 Å². The van der Waals surface area contributed by atoms with Crippen molar-refractivity contribution in [3.63, 3.8) is 0 Å². The van der Waals surface area contributed by atoms with Crippen LogP contribution in [-0.4, -0.2) is 78.0 Å². The summed E-state index contributed by atoms with van der Waals surface area (Å²) in [5.41, 5.74) is 5.33. The van der Waals surface area contributed by atoms with Gasteiger partial charge in [0.15, 0.2) is 0 Å². The van der Waals surface area contributed by atoms with Crippen LogP contribution in [0.25, 0.3) is 22.5 Å². The van der Waals surface area contributed by atoms with Crippen LogP contribution >= 0.6 is 0 Å². The molecule has 0 radical (unpaired) electrons. The number of hydrogen-bond acceptors (Lipinski definition) is 10. The molecule has 0 aliphatic heterocycles. The molecule has 0 fully saturated rings. The Morgan fingerprint density at radius 1 is 0.806 bits per heavy atom. The number of anilines is 1. The molecule has 0 saturated heterocycles. The fourth-order valence-corrected chi connectivity index (χ4v) is 2.76. The molecule has 6 N–H and O–H groups in total. The highest BCUT2D eigenvalue weighted by atomic mass is 16.4. The summed E-state index contributed by atoms with van der Waals surface area (Å²) in [6, 6.07) is 18.9. The normalized spacial score (nSPS) is 15.4. The number of nitrogens with zero attached hydrogens (tertiary/aromatic N) is 4. The molecule has 10 heteroatoms. The Hall–Kier alpha value is -3.28. The Morgan fingerprint density at radius 3 is 1.97 bits per heavy atom. The third-order valence-electron chi connectivity index (χ3n) is 4.45. The zero-order valence-electron chi connectivity index (χ0n) is 16.4. The fraction of sp³-hybridized carbons (Fsp3) is 0.238. The first-order valence-corrected chi connectivity index (χ1v) is 9.49. The zero-order valence-corrected chi connectivity index (χ0v) is 16.4. The van der Waals surface area contributed by atoms with Crippen LogP contribution in [0.15, 0.2) is 65.8 Å². The average molecular weight is 425 g/mol. The van der Waals surface area contributed by atoms with Gasteiger partial charge in [0.05, 0.1) is 12.8 Å². The Balaban J connectivity index is 1.81. The third-order valence-corrected chi connectivity index (χ3v) is 4.45. The van der Waals surface area contributed by atoms with Gasteiger partial charge in [-0.05, 0) is 0 Å². The summed E-state index contributed by atoms with van der Waals surface area (Å²) in [5, 5.41) is 59.5. The van der Waals surface area contributed by atoms with Gasteiger partial charge in [-0.25, -0.2) is 10.4 Å². The van der Waals surface area contributed by atoms with Gasteiger partial charge in [-0.3, -0.25) is 0 Å². The minimum absolute atomic E-state index is 0.0485. The van der Waals surface area contributed by atoms with E-state index in [1.807, 2.05) is 60.7 Å². The van der Waals surface area contributed by atoms with Crippen LogP contribution in [0.2, 0.25) is 0 Å². The molecule has 2 aromatic carbocycles. The Bertz CT molecular complexity index is 990. The standard InChI is InChI=1S/C21H23N5O5/c27-12-16(29)20(31)19(30)15(28)11-22-25-21-23-17(13-7-3-1-4-8-13)18(24-26-21)14-9-5-2-6-10-14/h1-11,15-16,19-20,27-31H,12H2,(H,23,25,26)/b22-11+/t15-,16-,19-,20-/m1/s1. The molecular formula is C21H23N5O5. The van der Waals surface area contributed by atoms with E-state index in [4.69, 9.17) is 5.11 Å². The minimum Gasteiger partial charge on any atom is -0.394 e. The van der Waals surface area contributed by atoms with Crippen LogP contribution < -0.4 is 5.43 Å². The molecule has 0 aliphatic carbocycles. The van der Waals surface area contributed by atoms with Crippen molar-refractivity contribution in [1.29, 1.82) is 0 Å². The van der Waals surface area contributed by atoms with Gasteiger partial charge in [0, 0.05) is 11.1 Å². The van der Waals surface area contributed by atoms with Crippen molar-refractivity contribution >= 4 is 12.2 Å². The molecule has 1 heterocycles. The van der Waals surface area contributed by atoms with Crippen molar-refractivity contribution in [1.82, 2.24) is 15.2 Å². The van der Waals surface area contributed by atoms with Gasteiger partial charge in [-0.15, -0.1) is 10.2 Å². The van der Waals surface area contributed by atoms with Crippen LogP contribution in [0.5, 0.6) is 0 Å². The molecule has 10 nitrogen and oxygen atoms in total. The van der Waals surface area contributed by atoms with Gasteiger partial charge >= 0.3 is 0 Å². The van der Waals surface area contributed by atoms with Crippen LogP contribution in [0.3, 0.4) is 0 Å². The van der Waals surface area contributed by atoms with Crippen LogP contribution in [0.4, 0.5) is 5.95 Å². The number of hydrazone groups is 1. The lowest BCUT2D eigenvalue weighted by Crippen LogP contribution is -2.46. The average Bonchev–Trinajstić information content (AvgIpc) is 2.83. The quantitative estimate of drug-likeness (QED) is 0.205. The summed E-state index contributed by atoms with van der Waals surface area (Å²) in [6.07, 6.45) is -5.81. The maximum Gasteiger partial charge on any atom is 0.263 e. The van der Waals surface area contributed by atoms with E-state index in [0.717, 1.165) is 17.3 Å². The predicted octanol–water partition coefficient (Wildman–Crippen LogP) is 0.0392. The lowest BCUT2D eigenvalue weighted by molar-refractivity contribution is -0.0999. The largest absolute Gasteiger partial charge is 0.394 e. The first kappa shape index (κ1) is 22.4. The molecule has 3 rings (SSSR count). The highest BCUT2D eigenvalue weighted by Crippen LogP contribution is 2.28. The molecule has 0 bridgehead atoms. The van der Waals surface area contributed by atoms with Gasteiger partial charge in [0.1, 0.15) is 35.8 Å². The number of benzene rings is 2. The summed E-state index contributed by atoms with van der Waals surface area (Å²) < 4.78 is 0. The second-order valence-corrected chi connectivity index (χ2v) is 6.68. The Morgan fingerprint density at radius 2 is 1.39 bits per heavy atom. The van der Waals surface area contributed by atoms with Crippen molar-refractivity contribution in [3.05, 3.63) is 60.7 Å². The summed E-state index contributed by atoms with van der Waals surface area (Å²) in [7, 11) is 0. The van der Waals surface area contributed by atoms with Gasteiger partial charge < -0.3 is 25.5 Å². The van der Waals surface area contributed by atoms with E-state index >= 15 is 0 Å². The van der Waals surface area contributed by atoms with Gasteiger partial charge in [0.2, 0.25) is 0 Å². The molecule has 1 aromatic heterocycles. The van der Waals surface area contributed by atoms with E-state index in [0.29, 0.717) is 11.4 Å². The summed E-state index contributed by atoms with van der Waals surface area (Å²) in [6.45, 7) is -0.768. The smallest absolute Gasteiger partial charge is 0.263 e. The second kappa shape index (κ2) is 10.7. The summed E-state index contributed by atoms with van der Waals surface area (Å²) in [4.78, 5) is 4.47. The number of aliphatic hydroxyl groups excluding tert-OH is 5. The zero-order chi connectivity index (χ0) is 22.2. The van der Waals surface area contributed by atoms with Crippen LogP contribution in [0.1, 0.15) is 0 Å². The lowest BCUT2D eigenvalue weighted by Gasteiger charge is -2.23. The van der Waals surface area contributed by atoms with Gasteiger partial charge in [-0.2, -0.15) is 5.10 Å². The van der Waals surface area contributed by atoms with E-state index in [1.165, 1.54) is 0 Å². The van der Waals surface area contributed by atoms with Crippen molar-refractivity contribution < 1.29 is 25.5 Å². The number of nitrogens with one attached hydrogen (secondary N) is 1. The second-order valence-electron chi connectivity index (χ2n) is 6.68. The summed E-state index contributed by atoms with van der Waals surface area (Å²) >= 11 is 0. The SMILES string of the molecule is OC[C@@H](O)[C@@H](O)[C@H](O)[C@H](O)/C=N/Nc1nnc(-c2ccccc2)c(-c2ccccc2)n1. The monoisotopic (exact) mass is 425 g/mol. The van der Waals surface area contributed by atoms with Crippen molar-refractivity contribution in [2.75, 3.05) is 12.0 Å². The van der Waals surface area contributed by atoms with Crippen molar-refractivity contribution in [2.24, 2.45) is 5.10 Å². The molecule has 0 spiro atoms. The molecule has 0 aliphatic rings. The first-order chi connectivity index (χ1) is 15.0. The molecule has 3 aromatic rings. The van der Waals surface area contributed by atoms with Crippen molar-refractivity contribution in [3.8, 4) is 22.5 Å². The highest BCUT2D eigenvalue weighted by molar-refractivity contribution is 5.78. The summed E-state index contributed by atoms with van der Waals surface area (Å²) in [5.74, 6) is 0.0485. The lowest BCUT2D eigenvalue weighted by atomic mass is 10.0. The molecule has 0 amide bonds. The van der Waals surface area contributed by atoms with Crippen LogP contribution in [-0.2, 0) is 0 Å². The van der Waals surface area contributed by atoms with E-state index in [9.17, 15) is 20.4 Å². The van der Waals surface area contributed by atoms with E-state index < -0.39 is 31.0 Å². The maximum atomic E-state index is 9.89. The predicted molar refractivity (Wildman–Crippen MR) is 114 cm³/mol. The highest BCUT2D eigenvalue weighted by Gasteiger charge is 2.29. The number of aromatic nitrogens is 3. The first-order valence-electron chi connectivity index (χ1n) is 9.49. The topological polar surface area (TPSA) is 164 Å². The Labute approximate surface area is 178 Å². The molecule has 162 valence electrons. The minimum atomic E-state index is -1.76. The molecule has 31 heavy (non-hydrogen) atoms. The van der Waals surface area contributed by atoms with Crippen molar-refractivity contribution in [2.45, 2.75) is 24.4 Å². The molecule has 0 unspecified atom stereocenters. The fourth-order valence-electron chi connectivity index (χ4n) is 2.76. The molecular weight excluding hydrogens is 402 g/mol. The Kier molecular flexibility index (Phi) is 7.70. The molecule has 0 saturated carbocycles. The van der Waals surface area contributed by atoms with Crippen LogP contribution in [0, 0.1) is 0 Å². The number of hydrogen-bond donors (Lipinski definition) is 6. The van der Waals surface area contributed by atoms with Gasteiger partial charge in [-0.1, -0.05) is 60.7 Å². The van der Waals surface area contributed by atoms with E-state index in [1.54, 1.807) is 0 Å². The third kappa shape index (κ3) is 5.66. The number of aliphatic hydroxyl groups is 5. The maximum absolute atomic E-state index is 9.89. The molecule has 4 atom stereocenters. The van der Waals surface area contributed by atoms with E-state index in [-0.39, 0.29) is 5.95 Å². The van der Waals surface area contributed by atoms with Gasteiger partial charge in [0.25, 0.3) is 5.95 Å². The number of rotatable bonds is 9.